The molecule has 0 unspecified atom stereocenters. The van der Waals surface area contributed by atoms with Gasteiger partial charge in [0.05, 0.1) is 18.7 Å². The van der Waals surface area contributed by atoms with Crippen LogP contribution in [0, 0.1) is 0 Å². The van der Waals surface area contributed by atoms with Crippen LogP contribution in [0.2, 0.25) is 0 Å². The molecule has 1 aliphatic heterocycles. The van der Waals surface area contributed by atoms with Crippen LogP contribution in [0.5, 0.6) is 0 Å². The minimum Gasteiger partial charge on any atom is -0.386 e. The Kier molecular flexibility index (Phi) is 2.32. The van der Waals surface area contributed by atoms with Gasteiger partial charge in [0, 0.05) is 6.20 Å². The Morgan fingerprint density at radius 3 is 2.87 bits per heavy atom. The molecular formula is C10H13N3O2. The van der Waals surface area contributed by atoms with Crippen molar-refractivity contribution in [2.75, 3.05) is 18.4 Å². The van der Waals surface area contributed by atoms with Crippen LogP contribution in [-0.2, 0) is 0 Å². The van der Waals surface area contributed by atoms with E-state index >= 15 is 0 Å². The van der Waals surface area contributed by atoms with Crippen LogP contribution < -0.4 is 5.32 Å². The van der Waals surface area contributed by atoms with Crippen LogP contribution in [0.15, 0.2) is 24.4 Å². The van der Waals surface area contributed by atoms with E-state index < -0.39 is 5.60 Å². The summed E-state index contributed by atoms with van der Waals surface area (Å²) in [6, 6.07) is 5.08. The van der Waals surface area contributed by atoms with Gasteiger partial charge in [0.15, 0.2) is 0 Å². The first-order valence-electron chi connectivity index (χ1n) is 4.76. The first-order valence-corrected chi connectivity index (χ1v) is 4.76. The lowest BCUT2D eigenvalue weighted by molar-refractivity contribution is -0.0581. The molecule has 15 heavy (non-hydrogen) atoms. The summed E-state index contributed by atoms with van der Waals surface area (Å²) in [5.41, 5.74) is -0.735. The number of likely N-dealkylation sites (tertiary alicyclic amines) is 1. The smallest absolute Gasteiger partial charge is 0.323 e. The molecule has 0 radical (unpaired) electrons. The van der Waals surface area contributed by atoms with Crippen molar-refractivity contribution in [3.8, 4) is 0 Å². The third kappa shape index (κ3) is 2.24. The van der Waals surface area contributed by atoms with Gasteiger partial charge in [-0.25, -0.2) is 9.78 Å². The second-order valence-electron chi connectivity index (χ2n) is 4.00. The minimum absolute atomic E-state index is 0.222. The summed E-state index contributed by atoms with van der Waals surface area (Å²) >= 11 is 0. The third-order valence-electron chi connectivity index (χ3n) is 2.25. The molecule has 0 bridgehead atoms. The molecule has 1 aromatic rings. The van der Waals surface area contributed by atoms with E-state index in [1.54, 1.807) is 31.3 Å². The van der Waals surface area contributed by atoms with E-state index in [0.29, 0.717) is 18.9 Å². The lowest BCUT2D eigenvalue weighted by Gasteiger charge is -2.43. The molecule has 1 saturated heterocycles. The van der Waals surface area contributed by atoms with Crippen molar-refractivity contribution in [3.63, 3.8) is 0 Å². The molecule has 0 aliphatic carbocycles. The fourth-order valence-corrected chi connectivity index (χ4v) is 1.54. The van der Waals surface area contributed by atoms with Gasteiger partial charge < -0.3 is 10.0 Å². The molecule has 0 saturated carbocycles. The van der Waals surface area contributed by atoms with Gasteiger partial charge in [0.1, 0.15) is 5.82 Å². The predicted molar refractivity (Wildman–Crippen MR) is 55.5 cm³/mol. The number of aromatic nitrogens is 1. The van der Waals surface area contributed by atoms with Crippen LogP contribution in [-0.4, -0.2) is 39.7 Å². The number of β-amino-alcohol motifs (C(OH)–C–C–N with tert-alkyl or cyclic N) is 1. The Morgan fingerprint density at radius 1 is 1.60 bits per heavy atom. The van der Waals surface area contributed by atoms with Crippen LogP contribution in [0.25, 0.3) is 0 Å². The van der Waals surface area contributed by atoms with Gasteiger partial charge >= 0.3 is 6.03 Å². The molecule has 80 valence electrons. The third-order valence-corrected chi connectivity index (χ3v) is 2.25. The molecule has 1 fully saturated rings. The summed E-state index contributed by atoms with van der Waals surface area (Å²) in [5, 5.41) is 12.1. The van der Waals surface area contributed by atoms with E-state index in [4.69, 9.17) is 0 Å². The monoisotopic (exact) mass is 207 g/mol. The van der Waals surface area contributed by atoms with Crippen molar-refractivity contribution < 1.29 is 9.90 Å². The van der Waals surface area contributed by atoms with E-state index in [2.05, 4.69) is 10.3 Å². The molecule has 2 heterocycles. The van der Waals surface area contributed by atoms with Gasteiger partial charge in [-0.05, 0) is 19.1 Å². The maximum Gasteiger partial charge on any atom is 0.323 e. The van der Waals surface area contributed by atoms with Gasteiger partial charge in [-0.15, -0.1) is 0 Å². The normalized spacial score (nSPS) is 18.1. The molecule has 0 spiro atoms. The Morgan fingerprint density at radius 2 is 2.33 bits per heavy atom. The number of carbonyl (C=O) groups excluding carboxylic acids is 1. The molecule has 0 atom stereocenters. The molecule has 5 heteroatoms. The Labute approximate surface area is 87.7 Å². The van der Waals surface area contributed by atoms with Crippen LogP contribution in [0.1, 0.15) is 6.92 Å². The molecule has 2 amide bonds. The van der Waals surface area contributed by atoms with Crippen LogP contribution in [0.4, 0.5) is 10.6 Å². The zero-order chi connectivity index (χ0) is 10.9. The summed E-state index contributed by atoms with van der Waals surface area (Å²) in [7, 11) is 0. The van der Waals surface area contributed by atoms with E-state index in [-0.39, 0.29) is 6.03 Å². The average Bonchev–Trinajstić information content (AvgIpc) is 2.15. The highest BCUT2D eigenvalue weighted by atomic mass is 16.3. The van der Waals surface area contributed by atoms with Gasteiger partial charge in [-0.2, -0.15) is 0 Å². The van der Waals surface area contributed by atoms with Gasteiger partial charge in [-0.1, -0.05) is 6.07 Å². The van der Waals surface area contributed by atoms with E-state index in [1.807, 2.05) is 0 Å². The number of pyridine rings is 1. The number of amides is 2. The van der Waals surface area contributed by atoms with Crippen molar-refractivity contribution in [1.82, 2.24) is 9.88 Å². The summed E-state index contributed by atoms with van der Waals surface area (Å²) < 4.78 is 0. The Bertz CT molecular complexity index is 356. The minimum atomic E-state index is -0.735. The molecule has 2 N–H and O–H groups in total. The fourth-order valence-electron chi connectivity index (χ4n) is 1.54. The zero-order valence-corrected chi connectivity index (χ0v) is 8.47. The number of rotatable bonds is 1. The van der Waals surface area contributed by atoms with Gasteiger partial charge in [-0.3, -0.25) is 5.32 Å². The molecule has 0 aromatic carbocycles. The summed E-state index contributed by atoms with van der Waals surface area (Å²) in [6.45, 7) is 2.44. The molecule has 1 aliphatic rings. The van der Waals surface area contributed by atoms with E-state index in [9.17, 15) is 9.90 Å². The van der Waals surface area contributed by atoms with Gasteiger partial charge in [0.2, 0.25) is 0 Å². The number of carbonyl (C=O) groups is 1. The second kappa shape index (κ2) is 3.51. The topological polar surface area (TPSA) is 65.5 Å². The van der Waals surface area contributed by atoms with Crippen molar-refractivity contribution in [1.29, 1.82) is 0 Å². The molecule has 5 nitrogen and oxygen atoms in total. The standard InChI is InChI=1S/C10H13N3O2/c1-10(15)6-13(7-10)9(14)12-8-4-2-3-5-11-8/h2-5,15H,6-7H2,1H3,(H,11,12,14). The summed E-state index contributed by atoms with van der Waals surface area (Å²) in [4.78, 5) is 17.1. The van der Waals surface area contributed by atoms with Crippen molar-refractivity contribution in [2.45, 2.75) is 12.5 Å². The largest absolute Gasteiger partial charge is 0.386 e. The molecule has 2 rings (SSSR count). The highest BCUT2D eigenvalue weighted by molar-refractivity contribution is 5.89. The number of aliphatic hydroxyl groups is 1. The quantitative estimate of drug-likeness (QED) is 0.711. The number of hydrogen-bond donors (Lipinski definition) is 2. The Hall–Kier alpha value is -1.62. The maximum absolute atomic E-state index is 11.5. The van der Waals surface area contributed by atoms with Gasteiger partial charge in [0.25, 0.3) is 0 Å². The SMILES string of the molecule is CC1(O)CN(C(=O)Nc2ccccn2)C1. The van der Waals surface area contributed by atoms with Crippen molar-refractivity contribution in [3.05, 3.63) is 24.4 Å². The molecular weight excluding hydrogens is 194 g/mol. The summed E-state index contributed by atoms with van der Waals surface area (Å²) in [5.74, 6) is 0.522. The highest BCUT2D eigenvalue weighted by Gasteiger charge is 2.39. The highest BCUT2D eigenvalue weighted by Crippen LogP contribution is 2.20. The second-order valence-corrected chi connectivity index (χ2v) is 4.00. The first-order chi connectivity index (χ1) is 7.07. The lowest BCUT2D eigenvalue weighted by Crippen LogP contribution is -2.62. The van der Waals surface area contributed by atoms with Crippen molar-refractivity contribution in [2.24, 2.45) is 0 Å². The van der Waals surface area contributed by atoms with Crippen molar-refractivity contribution >= 4 is 11.8 Å². The number of anilines is 1. The van der Waals surface area contributed by atoms with Crippen LogP contribution in [0.3, 0.4) is 0 Å². The lowest BCUT2D eigenvalue weighted by atomic mass is 9.98. The molecule has 1 aromatic heterocycles. The number of hydrogen-bond acceptors (Lipinski definition) is 3. The predicted octanol–water partition coefficient (Wildman–Crippen LogP) is 0.680. The van der Waals surface area contributed by atoms with E-state index in [1.165, 1.54) is 4.90 Å². The zero-order valence-electron chi connectivity index (χ0n) is 8.47. The number of urea groups is 1. The summed E-state index contributed by atoms with van der Waals surface area (Å²) in [6.07, 6.45) is 1.61. The first kappa shape index (κ1) is 9.92. The number of nitrogens with one attached hydrogen (secondary N) is 1. The number of nitrogens with zero attached hydrogens (tertiary/aromatic N) is 2. The van der Waals surface area contributed by atoms with E-state index in [0.717, 1.165) is 0 Å². The fraction of sp³-hybridized carbons (Fsp3) is 0.400. The average molecular weight is 207 g/mol. The maximum atomic E-state index is 11.5. The Balaban J connectivity index is 1.89. The van der Waals surface area contributed by atoms with Crippen LogP contribution >= 0.6 is 0 Å².